The van der Waals surface area contributed by atoms with Crippen LogP contribution in [0.15, 0.2) is 68.0 Å². The molecule has 0 unspecified atom stereocenters. The molecule has 3 aromatic rings. The van der Waals surface area contributed by atoms with Crippen LogP contribution in [0.2, 0.25) is 0 Å². The number of hydrogen-bond acceptors (Lipinski definition) is 5. The number of benzene rings is 2. The highest BCUT2D eigenvalue weighted by atomic mass is 79.9. The molecule has 24 heavy (non-hydrogen) atoms. The number of nitrogens with one attached hydrogen (secondary N) is 1. The summed E-state index contributed by atoms with van der Waals surface area (Å²) in [5.41, 5.74) is 5.77. The van der Waals surface area contributed by atoms with Gasteiger partial charge >= 0.3 is 0 Å². The summed E-state index contributed by atoms with van der Waals surface area (Å²) in [7, 11) is 0. The zero-order valence-electron chi connectivity index (χ0n) is 12.2. The van der Waals surface area contributed by atoms with Gasteiger partial charge in [0, 0.05) is 19.9 Å². The van der Waals surface area contributed by atoms with Gasteiger partial charge in [-0.3, -0.25) is 5.43 Å². The first-order valence-corrected chi connectivity index (χ1v) is 9.33. The molecule has 0 aliphatic heterocycles. The maximum atomic E-state index is 9.35. The Labute approximate surface area is 160 Å². The van der Waals surface area contributed by atoms with E-state index in [0.29, 0.717) is 5.01 Å². The lowest BCUT2D eigenvalue weighted by Gasteiger charge is -2.00. The van der Waals surface area contributed by atoms with Crippen molar-refractivity contribution >= 4 is 54.6 Å². The zero-order valence-corrected chi connectivity index (χ0v) is 16.2. The SMILES string of the molecule is N#C/C(=N\Nc1ccc(Br)cc1)c1nc(-c2ccc(Br)cc2)cs1. The topological polar surface area (TPSA) is 61.1 Å². The fourth-order valence-electron chi connectivity index (χ4n) is 1.90. The number of anilines is 1. The molecular formula is C17H10Br2N4S. The number of hydrogen-bond donors (Lipinski definition) is 1. The van der Waals surface area contributed by atoms with Crippen LogP contribution in [0.3, 0.4) is 0 Å². The predicted molar refractivity (Wildman–Crippen MR) is 105 cm³/mol. The third kappa shape index (κ3) is 4.09. The third-order valence-corrected chi connectivity index (χ3v) is 5.00. The van der Waals surface area contributed by atoms with E-state index < -0.39 is 0 Å². The molecular weight excluding hydrogens is 452 g/mol. The van der Waals surface area contributed by atoms with Crippen molar-refractivity contribution in [2.45, 2.75) is 0 Å². The number of rotatable bonds is 4. The highest BCUT2D eigenvalue weighted by molar-refractivity contribution is 9.10. The summed E-state index contributed by atoms with van der Waals surface area (Å²) in [6.07, 6.45) is 0. The summed E-state index contributed by atoms with van der Waals surface area (Å²) in [5, 5.41) is 16.0. The fourth-order valence-corrected chi connectivity index (χ4v) is 3.20. The van der Waals surface area contributed by atoms with Gasteiger partial charge in [-0.15, -0.1) is 11.3 Å². The Bertz CT molecular complexity index is 909. The van der Waals surface area contributed by atoms with E-state index in [1.165, 1.54) is 11.3 Å². The summed E-state index contributed by atoms with van der Waals surface area (Å²) in [6.45, 7) is 0. The molecule has 2 aromatic carbocycles. The van der Waals surface area contributed by atoms with Gasteiger partial charge in [-0.2, -0.15) is 10.4 Å². The molecule has 1 N–H and O–H groups in total. The molecule has 0 atom stereocenters. The van der Waals surface area contributed by atoms with Crippen LogP contribution in [0, 0.1) is 11.3 Å². The summed E-state index contributed by atoms with van der Waals surface area (Å²) in [4.78, 5) is 4.51. The number of nitrogens with zero attached hydrogens (tertiary/aromatic N) is 3. The summed E-state index contributed by atoms with van der Waals surface area (Å²) in [5.74, 6) is 0. The second-order valence-corrected chi connectivity index (χ2v) is 7.43. The molecule has 0 spiro atoms. The molecule has 0 saturated heterocycles. The first-order valence-electron chi connectivity index (χ1n) is 6.87. The molecule has 0 fully saturated rings. The molecule has 0 aliphatic rings. The van der Waals surface area contributed by atoms with Crippen molar-refractivity contribution in [3.8, 4) is 17.3 Å². The van der Waals surface area contributed by atoms with Crippen molar-refractivity contribution in [3.63, 3.8) is 0 Å². The maximum absolute atomic E-state index is 9.35. The second-order valence-electron chi connectivity index (χ2n) is 4.74. The molecule has 0 bridgehead atoms. The Morgan fingerprint density at radius 2 is 1.67 bits per heavy atom. The minimum atomic E-state index is 0.256. The normalized spacial score (nSPS) is 11.1. The van der Waals surface area contributed by atoms with Gasteiger partial charge in [0.2, 0.25) is 0 Å². The lowest BCUT2D eigenvalue weighted by atomic mass is 10.2. The number of hydrazone groups is 1. The van der Waals surface area contributed by atoms with E-state index in [1.807, 2.05) is 53.9 Å². The first-order chi connectivity index (χ1) is 11.7. The summed E-state index contributed by atoms with van der Waals surface area (Å²) < 4.78 is 2.00. The zero-order chi connectivity index (χ0) is 16.9. The number of thiazole rings is 1. The van der Waals surface area contributed by atoms with Gasteiger partial charge in [-0.25, -0.2) is 4.98 Å². The maximum Gasteiger partial charge on any atom is 0.196 e. The van der Waals surface area contributed by atoms with Crippen molar-refractivity contribution in [2.24, 2.45) is 5.10 Å². The number of aromatic nitrogens is 1. The highest BCUT2D eigenvalue weighted by Gasteiger charge is 2.10. The van der Waals surface area contributed by atoms with Crippen LogP contribution in [0.25, 0.3) is 11.3 Å². The van der Waals surface area contributed by atoms with Gasteiger partial charge in [0.1, 0.15) is 6.07 Å². The summed E-state index contributed by atoms with van der Waals surface area (Å²) in [6, 6.07) is 17.5. The van der Waals surface area contributed by atoms with Crippen LogP contribution in [0.4, 0.5) is 5.69 Å². The van der Waals surface area contributed by atoms with Crippen LogP contribution in [-0.2, 0) is 0 Å². The molecule has 3 rings (SSSR count). The van der Waals surface area contributed by atoms with Gasteiger partial charge in [-0.1, -0.05) is 44.0 Å². The van der Waals surface area contributed by atoms with E-state index in [4.69, 9.17) is 0 Å². The molecule has 1 heterocycles. The standard InChI is InChI=1S/C17H10Br2N4S/c18-12-3-1-11(2-4-12)16-10-24-17(21-16)15(9-20)23-22-14-7-5-13(19)6-8-14/h1-8,10,22H/b23-15+. The van der Waals surface area contributed by atoms with Crippen molar-refractivity contribution in [1.29, 1.82) is 5.26 Å². The van der Waals surface area contributed by atoms with Crippen molar-refractivity contribution < 1.29 is 0 Å². The number of halogens is 2. The predicted octanol–water partition coefficient (Wildman–Crippen LogP) is 5.67. The van der Waals surface area contributed by atoms with E-state index >= 15 is 0 Å². The minimum Gasteiger partial charge on any atom is -0.277 e. The molecule has 0 saturated carbocycles. The van der Waals surface area contributed by atoms with Crippen LogP contribution in [-0.4, -0.2) is 10.7 Å². The molecule has 0 radical (unpaired) electrons. The molecule has 1 aromatic heterocycles. The molecule has 0 amide bonds. The van der Waals surface area contributed by atoms with Gasteiger partial charge in [-0.05, 0) is 36.4 Å². The Morgan fingerprint density at radius 3 is 2.29 bits per heavy atom. The van der Waals surface area contributed by atoms with Crippen molar-refractivity contribution in [1.82, 2.24) is 4.98 Å². The monoisotopic (exact) mass is 460 g/mol. The van der Waals surface area contributed by atoms with Crippen LogP contribution < -0.4 is 5.43 Å². The highest BCUT2D eigenvalue weighted by Crippen LogP contribution is 2.24. The third-order valence-electron chi connectivity index (χ3n) is 3.09. The molecule has 118 valence electrons. The Kier molecular flexibility index (Phi) is 5.41. The Hall–Kier alpha value is -2.01. The van der Waals surface area contributed by atoms with Crippen LogP contribution >= 0.6 is 43.2 Å². The minimum absolute atomic E-state index is 0.256. The molecule has 4 nitrogen and oxygen atoms in total. The van der Waals surface area contributed by atoms with Gasteiger partial charge in [0.15, 0.2) is 10.7 Å². The lowest BCUT2D eigenvalue weighted by Crippen LogP contribution is -2.01. The van der Waals surface area contributed by atoms with E-state index in [1.54, 1.807) is 0 Å². The Balaban J connectivity index is 1.81. The van der Waals surface area contributed by atoms with Crippen LogP contribution in [0.1, 0.15) is 5.01 Å². The summed E-state index contributed by atoms with van der Waals surface area (Å²) >= 11 is 8.19. The van der Waals surface area contributed by atoms with Crippen molar-refractivity contribution in [3.05, 3.63) is 67.9 Å². The lowest BCUT2D eigenvalue weighted by molar-refractivity contribution is 1.31. The molecule has 0 aliphatic carbocycles. The van der Waals surface area contributed by atoms with Gasteiger partial charge in [0.25, 0.3) is 0 Å². The average molecular weight is 462 g/mol. The van der Waals surface area contributed by atoms with Crippen LogP contribution in [0.5, 0.6) is 0 Å². The average Bonchev–Trinajstić information content (AvgIpc) is 3.08. The Morgan fingerprint density at radius 1 is 1.04 bits per heavy atom. The molecule has 7 heteroatoms. The number of nitriles is 1. The largest absolute Gasteiger partial charge is 0.277 e. The van der Waals surface area contributed by atoms with E-state index in [2.05, 4.69) is 53.4 Å². The second kappa shape index (κ2) is 7.71. The van der Waals surface area contributed by atoms with E-state index in [0.717, 1.165) is 25.9 Å². The van der Waals surface area contributed by atoms with E-state index in [-0.39, 0.29) is 5.71 Å². The van der Waals surface area contributed by atoms with E-state index in [9.17, 15) is 5.26 Å². The first kappa shape index (κ1) is 16.8. The van der Waals surface area contributed by atoms with Crippen molar-refractivity contribution in [2.75, 3.05) is 5.43 Å². The van der Waals surface area contributed by atoms with Gasteiger partial charge < -0.3 is 0 Å². The fraction of sp³-hybridized carbons (Fsp3) is 0. The van der Waals surface area contributed by atoms with Gasteiger partial charge in [0.05, 0.1) is 11.4 Å². The quantitative estimate of drug-likeness (QED) is 0.401. The smallest absolute Gasteiger partial charge is 0.196 e.